The molecule has 1 amide bonds. The maximum Gasteiger partial charge on any atom is 0.326 e. The zero-order chi connectivity index (χ0) is 18.5. The molecule has 134 valence electrons. The number of carbonyl (C=O) groups excluding carboxylic acids is 1. The number of carboxylic acids is 1. The zero-order valence-electron chi connectivity index (χ0n) is 13.9. The topological polar surface area (TPSA) is 131 Å². The van der Waals surface area contributed by atoms with Crippen molar-refractivity contribution < 1.29 is 23.1 Å². The van der Waals surface area contributed by atoms with E-state index in [1.807, 2.05) is 0 Å². The normalized spacial score (nSPS) is 18.1. The van der Waals surface area contributed by atoms with Gasteiger partial charge < -0.3 is 15.3 Å². The number of carbonyl (C=O) groups is 2. The van der Waals surface area contributed by atoms with E-state index in [-0.39, 0.29) is 24.6 Å². The number of amides is 1. The molecule has 0 aromatic rings. The molecule has 9 nitrogen and oxygen atoms in total. The largest absolute Gasteiger partial charge is 0.480 e. The van der Waals surface area contributed by atoms with Gasteiger partial charge in [-0.2, -0.15) is 9.57 Å². The van der Waals surface area contributed by atoms with Crippen LogP contribution in [0.5, 0.6) is 0 Å². The number of rotatable bonds is 6. The predicted octanol–water partition coefficient (Wildman–Crippen LogP) is -0.804. The number of nitrogens with zero attached hydrogens (tertiary/aromatic N) is 3. The van der Waals surface area contributed by atoms with Gasteiger partial charge in [-0.25, -0.2) is 13.2 Å². The van der Waals surface area contributed by atoms with Crippen LogP contribution in [0.15, 0.2) is 11.8 Å². The Bertz CT molecular complexity index is 657. The second kappa shape index (κ2) is 8.12. The van der Waals surface area contributed by atoms with Crippen LogP contribution in [0.4, 0.5) is 0 Å². The highest BCUT2D eigenvalue weighted by Gasteiger charge is 2.26. The molecular formula is C14H22N4O5S. The summed E-state index contributed by atoms with van der Waals surface area (Å²) in [6.07, 6.45) is 2.47. The summed E-state index contributed by atoms with van der Waals surface area (Å²) in [6, 6.07) is 0.670. The fraction of sp³-hybridized carbons (Fsp3) is 0.643. The highest BCUT2D eigenvalue weighted by molar-refractivity contribution is 7.88. The molecule has 0 aromatic carbocycles. The standard InChI is InChI=1S/C14H22N4O5S/c1-10(2)12(14(20)21)16-13(19)11(8-15)9-17-4-6-18(7-5-17)24(3,22)23/h9-10,12H,4-7H2,1-3H3,(H,16,19)(H,20,21)/b11-9-. The van der Waals surface area contributed by atoms with Crippen molar-refractivity contribution in [2.75, 3.05) is 32.4 Å². The maximum absolute atomic E-state index is 12.1. The van der Waals surface area contributed by atoms with Crippen LogP contribution in [0.25, 0.3) is 0 Å². The molecule has 1 rings (SSSR count). The summed E-state index contributed by atoms with van der Waals surface area (Å²) in [6.45, 7) is 4.52. The summed E-state index contributed by atoms with van der Waals surface area (Å²) in [5.41, 5.74) is -0.213. The van der Waals surface area contributed by atoms with E-state index in [0.29, 0.717) is 13.1 Å². The van der Waals surface area contributed by atoms with E-state index < -0.39 is 27.9 Å². The van der Waals surface area contributed by atoms with E-state index in [1.165, 1.54) is 10.5 Å². The molecule has 0 spiro atoms. The van der Waals surface area contributed by atoms with Crippen molar-refractivity contribution in [3.05, 3.63) is 11.8 Å². The van der Waals surface area contributed by atoms with Crippen molar-refractivity contribution >= 4 is 21.9 Å². The summed E-state index contributed by atoms with van der Waals surface area (Å²) in [5, 5.41) is 20.6. The monoisotopic (exact) mass is 358 g/mol. The third-order valence-electron chi connectivity index (χ3n) is 3.64. The average Bonchev–Trinajstić information content (AvgIpc) is 2.48. The van der Waals surface area contributed by atoms with Gasteiger partial charge in [0.2, 0.25) is 10.0 Å². The molecule has 0 saturated carbocycles. The van der Waals surface area contributed by atoms with Crippen molar-refractivity contribution in [2.24, 2.45) is 5.92 Å². The summed E-state index contributed by atoms with van der Waals surface area (Å²) in [7, 11) is -3.26. The van der Waals surface area contributed by atoms with Crippen molar-refractivity contribution in [1.82, 2.24) is 14.5 Å². The van der Waals surface area contributed by atoms with Crippen molar-refractivity contribution in [3.8, 4) is 6.07 Å². The first kappa shape index (κ1) is 19.9. The van der Waals surface area contributed by atoms with E-state index in [2.05, 4.69) is 5.32 Å². The Balaban J connectivity index is 2.76. The molecular weight excluding hydrogens is 336 g/mol. The van der Waals surface area contributed by atoms with Crippen LogP contribution in [-0.2, 0) is 19.6 Å². The highest BCUT2D eigenvalue weighted by Crippen LogP contribution is 2.09. The van der Waals surface area contributed by atoms with Crippen molar-refractivity contribution in [1.29, 1.82) is 5.26 Å². The van der Waals surface area contributed by atoms with Crippen LogP contribution in [0.2, 0.25) is 0 Å². The molecule has 1 atom stereocenters. The third kappa shape index (κ3) is 5.50. The smallest absolute Gasteiger partial charge is 0.326 e. The van der Waals surface area contributed by atoms with Gasteiger partial charge >= 0.3 is 5.97 Å². The number of hydrogen-bond donors (Lipinski definition) is 2. The molecule has 2 N–H and O–H groups in total. The van der Waals surface area contributed by atoms with E-state index in [4.69, 9.17) is 10.4 Å². The molecule has 1 aliphatic rings. The summed E-state index contributed by atoms with van der Waals surface area (Å²) < 4.78 is 24.2. The number of sulfonamides is 1. The summed E-state index contributed by atoms with van der Waals surface area (Å²) >= 11 is 0. The Morgan fingerprint density at radius 2 is 1.79 bits per heavy atom. The molecule has 0 radical (unpaired) electrons. The molecule has 0 aromatic heterocycles. The predicted molar refractivity (Wildman–Crippen MR) is 86.1 cm³/mol. The summed E-state index contributed by atoms with van der Waals surface area (Å²) in [5.74, 6) is -2.26. The first-order valence-corrected chi connectivity index (χ1v) is 9.26. The molecule has 1 unspecified atom stereocenters. The van der Waals surface area contributed by atoms with E-state index in [1.54, 1.807) is 24.8 Å². The van der Waals surface area contributed by atoms with Crippen LogP contribution < -0.4 is 5.32 Å². The number of nitrogens with one attached hydrogen (secondary N) is 1. The number of hydrogen-bond acceptors (Lipinski definition) is 6. The van der Waals surface area contributed by atoms with Gasteiger partial charge in [-0.3, -0.25) is 4.79 Å². The minimum Gasteiger partial charge on any atom is -0.480 e. The molecule has 10 heteroatoms. The van der Waals surface area contributed by atoms with E-state index in [0.717, 1.165) is 6.26 Å². The van der Waals surface area contributed by atoms with Crippen LogP contribution in [0.3, 0.4) is 0 Å². The molecule has 1 heterocycles. The molecule has 0 bridgehead atoms. The van der Waals surface area contributed by atoms with Crippen LogP contribution in [0.1, 0.15) is 13.8 Å². The Labute approximate surface area is 141 Å². The lowest BCUT2D eigenvalue weighted by Crippen LogP contribution is -2.47. The lowest BCUT2D eigenvalue weighted by molar-refractivity contribution is -0.142. The van der Waals surface area contributed by atoms with Crippen LogP contribution >= 0.6 is 0 Å². The van der Waals surface area contributed by atoms with E-state index in [9.17, 15) is 18.0 Å². The quantitative estimate of drug-likeness (QED) is 0.469. The van der Waals surface area contributed by atoms with Crippen LogP contribution in [0, 0.1) is 17.2 Å². The van der Waals surface area contributed by atoms with Crippen molar-refractivity contribution in [2.45, 2.75) is 19.9 Å². The third-order valence-corrected chi connectivity index (χ3v) is 4.94. The van der Waals surface area contributed by atoms with Crippen molar-refractivity contribution in [3.63, 3.8) is 0 Å². The Hall–Kier alpha value is -2.12. The van der Waals surface area contributed by atoms with Gasteiger partial charge in [0.15, 0.2) is 0 Å². The Morgan fingerprint density at radius 1 is 1.25 bits per heavy atom. The fourth-order valence-electron chi connectivity index (χ4n) is 2.22. The second-order valence-corrected chi connectivity index (χ2v) is 7.87. The van der Waals surface area contributed by atoms with Gasteiger partial charge in [0.25, 0.3) is 5.91 Å². The zero-order valence-corrected chi connectivity index (χ0v) is 14.7. The Morgan fingerprint density at radius 3 is 2.17 bits per heavy atom. The fourth-order valence-corrected chi connectivity index (χ4v) is 3.04. The average molecular weight is 358 g/mol. The molecule has 0 aliphatic carbocycles. The first-order valence-electron chi connectivity index (χ1n) is 7.41. The number of carboxylic acid groups (broad SMARTS) is 1. The lowest BCUT2D eigenvalue weighted by Gasteiger charge is -2.32. The minimum atomic E-state index is -3.26. The van der Waals surface area contributed by atoms with Gasteiger partial charge in [0.05, 0.1) is 6.26 Å². The van der Waals surface area contributed by atoms with Gasteiger partial charge in [-0.05, 0) is 5.92 Å². The SMILES string of the molecule is CC(C)C(NC(=O)/C(C#N)=C\N1CCN(S(C)(=O)=O)CC1)C(=O)O. The molecule has 1 fully saturated rings. The highest BCUT2D eigenvalue weighted by atomic mass is 32.2. The minimum absolute atomic E-state index is 0.213. The van der Waals surface area contributed by atoms with Gasteiger partial charge in [-0.15, -0.1) is 0 Å². The lowest BCUT2D eigenvalue weighted by atomic mass is 10.0. The maximum atomic E-state index is 12.1. The Kier molecular flexibility index (Phi) is 6.74. The van der Waals surface area contributed by atoms with Gasteiger partial charge in [0.1, 0.15) is 17.7 Å². The molecule has 1 saturated heterocycles. The van der Waals surface area contributed by atoms with Gasteiger partial charge in [-0.1, -0.05) is 13.8 Å². The number of aliphatic carboxylic acids is 1. The number of nitriles is 1. The molecule has 24 heavy (non-hydrogen) atoms. The number of piperazine rings is 1. The first-order chi connectivity index (χ1) is 11.1. The van der Waals surface area contributed by atoms with Crippen LogP contribution in [-0.4, -0.2) is 73.1 Å². The van der Waals surface area contributed by atoms with Gasteiger partial charge in [0, 0.05) is 32.4 Å². The molecule has 1 aliphatic heterocycles. The second-order valence-electron chi connectivity index (χ2n) is 5.89. The van der Waals surface area contributed by atoms with E-state index >= 15 is 0 Å². The summed E-state index contributed by atoms with van der Waals surface area (Å²) in [4.78, 5) is 24.9.